The van der Waals surface area contributed by atoms with Crippen LogP contribution in [-0.2, 0) is 11.2 Å². The van der Waals surface area contributed by atoms with Crippen LogP contribution in [0, 0.1) is 6.92 Å². The number of esters is 1. The van der Waals surface area contributed by atoms with Gasteiger partial charge in [-0.05, 0) is 37.0 Å². The predicted molar refractivity (Wildman–Crippen MR) is 61.1 cm³/mol. The fourth-order valence-corrected chi connectivity index (χ4v) is 1.69. The summed E-state index contributed by atoms with van der Waals surface area (Å²) in [5, 5.41) is 0. The molecule has 1 aromatic carbocycles. The fraction of sp³-hybridized carbons (Fsp3) is 0.462. The maximum atomic E-state index is 11.5. The number of benzene rings is 1. The number of carbonyl (C=O) groups is 1. The van der Waals surface area contributed by atoms with Crippen molar-refractivity contribution in [3.63, 3.8) is 0 Å². The van der Waals surface area contributed by atoms with Crippen LogP contribution in [-0.4, -0.2) is 13.1 Å². The van der Waals surface area contributed by atoms with E-state index in [0.29, 0.717) is 5.56 Å². The molecule has 0 N–H and O–H groups in total. The molecule has 0 heterocycles. The zero-order chi connectivity index (χ0) is 11.3. The highest BCUT2D eigenvalue weighted by atomic mass is 16.5. The average molecular weight is 206 g/mol. The normalized spacial score (nSPS) is 10.1. The van der Waals surface area contributed by atoms with Crippen LogP contribution in [0.3, 0.4) is 0 Å². The van der Waals surface area contributed by atoms with Crippen molar-refractivity contribution >= 4 is 5.97 Å². The van der Waals surface area contributed by atoms with E-state index in [9.17, 15) is 4.79 Å². The van der Waals surface area contributed by atoms with Crippen molar-refractivity contribution in [1.82, 2.24) is 0 Å². The topological polar surface area (TPSA) is 26.3 Å². The van der Waals surface area contributed by atoms with E-state index in [1.165, 1.54) is 12.7 Å². The Bertz CT molecular complexity index is 342. The summed E-state index contributed by atoms with van der Waals surface area (Å²) in [6.45, 7) is 4.19. The summed E-state index contributed by atoms with van der Waals surface area (Å²) in [5.41, 5.74) is 3.02. The van der Waals surface area contributed by atoms with Gasteiger partial charge in [-0.3, -0.25) is 0 Å². The maximum Gasteiger partial charge on any atom is 0.338 e. The van der Waals surface area contributed by atoms with Crippen molar-refractivity contribution < 1.29 is 9.53 Å². The fourth-order valence-electron chi connectivity index (χ4n) is 1.69. The van der Waals surface area contributed by atoms with Gasteiger partial charge >= 0.3 is 5.97 Å². The van der Waals surface area contributed by atoms with Gasteiger partial charge in [-0.1, -0.05) is 25.5 Å². The monoisotopic (exact) mass is 206 g/mol. The Kier molecular flexibility index (Phi) is 4.35. The summed E-state index contributed by atoms with van der Waals surface area (Å²) in [5.74, 6) is -0.232. The second-order valence-electron chi connectivity index (χ2n) is 3.70. The lowest BCUT2D eigenvalue weighted by Crippen LogP contribution is -2.07. The molecule has 2 heteroatoms. The molecule has 0 saturated heterocycles. The summed E-state index contributed by atoms with van der Waals surface area (Å²) < 4.78 is 4.77. The first-order valence-corrected chi connectivity index (χ1v) is 5.37. The highest BCUT2D eigenvalue weighted by molar-refractivity contribution is 5.91. The Morgan fingerprint density at radius 1 is 1.40 bits per heavy atom. The lowest BCUT2D eigenvalue weighted by Gasteiger charge is -2.10. The van der Waals surface area contributed by atoms with Crippen molar-refractivity contribution in [2.24, 2.45) is 0 Å². The second-order valence-corrected chi connectivity index (χ2v) is 3.70. The molecule has 0 radical (unpaired) electrons. The standard InChI is InChI=1S/C13H18O2/c1-4-5-8-11-10(2)7-6-9-12(11)13(14)15-3/h6-7,9H,4-5,8H2,1-3H3. The SMILES string of the molecule is CCCCc1c(C)cccc1C(=O)OC. The smallest absolute Gasteiger partial charge is 0.338 e. The van der Waals surface area contributed by atoms with Crippen LogP contribution in [0.4, 0.5) is 0 Å². The molecular weight excluding hydrogens is 188 g/mol. The van der Waals surface area contributed by atoms with Crippen molar-refractivity contribution in [2.75, 3.05) is 7.11 Å². The third-order valence-electron chi connectivity index (χ3n) is 2.60. The Morgan fingerprint density at radius 2 is 2.13 bits per heavy atom. The van der Waals surface area contributed by atoms with Crippen LogP contribution in [0.5, 0.6) is 0 Å². The summed E-state index contributed by atoms with van der Waals surface area (Å²) >= 11 is 0. The molecule has 0 aliphatic heterocycles. The van der Waals surface area contributed by atoms with E-state index in [0.717, 1.165) is 24.8 Å². The van der Waals surface area contributed by atoms with Gasteiger partial charge in [0.1, 0.15) is 0 Å². The third kappa shape index (κ3) is 2.82. The molecule has 2 nitrogen and oxygen atoms in total. The first-order valence-electron chi connectivity index (χ1n) is 5.37. The lowest BCUT2D eigenvalue weighted by atomic mass is 9.97. The van der Waals surface area contributed by atoms with Gasteiger partial charge in [0.15, 0.2) is 0 Å². The molecule has 0 fully saturated rings. The Hall–Kier alpha value is -1.31. The van der Waals surface area contributed by atoms with E-state index >= 15 is 0 Å². The van der Waals surface area contributed by atoms with Crippen molar-refractivity contribution in [1.29, 1.82) is 0 Å². The van der Waals surface area contributed by atoms with Gasteiger partial charge in [0.05, 0.1) is 12.7 Å². The van der Waals surface area contributed by atoms with Gasteiger partial charge in [-0.2, -0.15) is 0 Å². The van der Waals surface area contributed by atoms with E-state index in [-0.39, 0.29) is 5.97 Å². The number of methoxy groups -OCH3 is 1. The first-order chi connectivity index (χ1) is 7.20. The molecule has 1 aromatic rings. The molecule has 0 saturated carbocycles. The van der Waals surface area contributed by atoms with Gasteiger partial charge in [0.2, 0.25) is 0 Å². The maximum absolute atomic E-state index is 11.5. The number of hydrogen-bond acceptors (Lipinski definition) is 2. The van der Waals surface area contributed by atoms with Gasteiger partial charge < -0.3 is 4.74 Å². The van der Waals surface area contributed by atoms with E-state index in [1.54, 1.807) is 0 Å². The van der Waals surface area contributed by atoms with E-state index in [4.69, 9.17) is 4.74 Å². The number of ether oxygens (including phenoxy) is 1. The molecule has 0 bridgehead atoms. The second kappa shape index (κ2) is 5.54. The van der Waals surface area contributed by atoms with Crippen LogP contribution in [0.15, 0.2) is 18.2 Å². The van der Waals surface area contributed by atoms with Crippen molar-refractivity contribution in [3.8, 4) is 0 Å². The molecule has 0 aromatic heterocycles. The van der Waals surface area contributed by atoms with Crippen LogP contribution >= 0.6 is 0 Å². The minimum absolute atomic E-state index is 0.232. The molecule has 1 rings (SSSR count). The molecule has 0 aliphatic carbocycles. The molecule has 15 heavy (non-hydrogen) atoms. The van der Waals surface area contributed by atoms with Crippen LogP contribution in [0.2, 0.25) is 0 Å². The highest BCUT2D eigenvalue weighted by Crippen LogP contribution is 2.17. The Balaban J connectivity index is 3.03. The highest BCUT2D eigenvalue weighted by Gasteiger charge is 2.12. The number of rotatable bonds is 4. The lowest BCUT2D eigenvalue weighted by molar-refractivity contribution is 0.0599. The third-order valence-corrected chi connectivity index (χ3v) is 2.60. The first kappa shape index (κ1) is 11.8. The van der Waals surface area contributed by atoms with Gasteiger partial charge in [-0.25, -0.2) is 4.79 Å². The average Bonchev–Trinajstić information content (AvgIpc) is 2.26. The summed E-state index contributed by atoms with van der Waals surface area (Å²) in [6.07, 6.45) is 3.19. The molecular formula is C13H18O2. The molecule has 82 valence electrons. The van der Waals surface area contributed by atoms with Gasteiger partial charge in [-0.15, -0.1) is 0 Å². The van der Waals surface area contributed by atoms with E-state index < -0.39 is 0 Å². The van der Waals surface area contributed by atoms with Crippen molar-refractivity contribution in [3.05, 3.63) is 34.9 Å². The van der Waals surface area contributed by atoms with Crippen LogP contribution < -0.4 is 0 Å². The zero-order valence-corrected chi connectivity index (χ0v) is 9.67. The largest absolute Gasteiger partial charge is 0.465 e. The minimum atomic E-state index is -0.232. The zero-order valence-electron chi connectivity index (χ0n) is 9.67. The predicted octanol–water partition coefficient (Wildman–Crippen LogP) is 3.12. The van der Waals surface area contributed by atoms with Gasteiger partial charge in [0, 0.05) is 0 Å². The number of aryl methyl sites for hydroxylation is 1. The number of unbranched alkanes of at least 4 members (excludes halogenated alkanes) is 1. The quantitative estimate of drug-likeness (QED) is 0.707. The molecule has 0 atom stereocenters. The minimum Gasteiger partial charge on any atom is -0.465 e. The summed E-state index contributed by atoms with van der Waals surface area (Å²) in [6, 6.07) is 5.78. The number of carbonyl (C=O) groups excluding carboxylic acids is 1. The van der Waals surface area contributed by atoms with E-state index in [2.05, 4.69) is 6.92 Å². The molecule has 0 spiro atoms. The Labute approximate surface area is 91.3 Å². The molecule has 0 amide bonds. The van der Waals surface area contributed by atoms with Crippen LogP contribution in [0.25, 0.3) is 0 Å². The van der Waals surface area contributed by atoms with Gasteiger partial charge in [0.25, 0.3) is 0 Å². The molecule has 0 unspecified atom stereocenters. The van der Waals surface area contributed by atoms with Crippen LogP contribution in [0.1, 0.15) is 41.3 Å². The molecule has 0 aliphatic rings. The Morgan fingerprint density at radius 3 is 2.73 bits per heavy atom. The summed E-state index contributed by atoms with van der Waals surface area (Å²) in [7, 11) is 1.42. The van der Waals surface area contributed by atoms with E-state index in [1.807, 2.05) is 25.1 Å². The number of hydrogen-bond donors (Lipinski definition) is 0. The summed E-state index contributed by atoms with van der Waals surface area (Å²) in [4.78, 5) is 11.5. The van der Waals surface area contributed by atoms with Crippen molar-refractivity contribution in [2.45, 2.75) is 33.1 Å².